The van der Waals surface area contributed by atoms with E-state index in [9.17, 15) is 4.79 Å². The van der Waals surface area contributed by atoms with Crippen LogP contribution in [0.2, 0.25) is 0 Å². The lowest BCUT2D eigenvalue weighted by molar-refractivity contribution is -0.141. The number of rotatable bonds is 4. The highest BCUT2D eigenvalue weighted by molar-refractivity contribution is 6.20. The Morgan fingerprint density at radius 2 is 2.00 bits per heavy atom. The van der Waals surface area contributed by atoms with Gasteiger partial charge in [0.15, 0.2) is 11.6 Å². The van der Waals surface area contributed by atoms with Crippen LogP contribution in [0, 0.1) is 0 Å². The molecular formula is C26H28N2O4. The summed E-state index contributed by atoms with van der Waals surface area (Å²) in [5, 5.41) is 0.932. The predicted molar refractivity (Wildman–Crippen MR) is 124 cm³/mol. The van der Waals surface area contributed by atoms with Crippen LogP contribution in [-0.2, 0) is 14.9 Å². The van der Waals surface area contributed by atoms with E-state index in [1.54, 1.807) is 7.05 Å². The van der Waals surface area contributed by atoms with Gasteiger partial charge >= 0.3 is 0 Å². The Morgan fingerprint density at radius 1 is 1.19 bits per heavy atom. The van der Waals surface area contributed by atoms with E-state index in [-0.39, 0.29) is 17.3 Å². The first-order valence-electron chi connectivity index (χ1n) is 10.9. The van der Waals surface area contributed by atoms with Crippen LogP contribution in [0.15, 0.2) is 41.4 Å². The van der Waals surface area contributed by atoms with Crippen molar-refractivity contribution in [3.63, 3.8) is 0 Å². The summed E-state index contributed by atoms with van der Waals surface area (Å²) in [4.78, 5) is 21.2. The van der Waals surface area contributed by atoms with Crippen molar-refractivity contribution in [3.05, 3.63) is 64.3 Å². The Morgan fingerprint density at radius 3 is 2.72 bits per heavy atom. The Balaban J connectivity index is 1.50. The highest BCUT2D eigenvalue weighted by atomic mass is 16.7. The second kappa shape index (κ2) is 7.29. The highest BCUT2D eigenvalue weighted by Gasteiger charge is 2.40. The number of fused-ring (bicyclic) bond motifs is 4. The van der Waals surface area contributed by atoms with Crippen LogP contribution in [0.5, 0.6) is 5.75 Å². The van der Waals surface area contributed by atoms with Gasteiger partial charge in [0, 0.05) is 40.8 Å². The zero-order chi connectivity index (χ0) is 22.7. The zero-order valence-electron chi connectivity index (χ0n) is 19.1. The second-order valence-corrected chi connectivity index (χ2v) is 9.49. The molecule has 2 aliphatic rings. The number of hydrogen-bond acceptors (Lipinski definition) is 5. The van der Waals surface area contributed by atoms with Crippen LogP contribution in [0.4, 0.5) is 0 Å². The molecule has 6 nitrogen and oxygen atoms in total. The Kier molecular flexibility index (Phi) is 4.76. The van der Waals surface area contributed by atoms with Gasteiger partial charge < -0.3 is 19.2 Å². The molecule has 1 aliphatic carbocycles. The van der Waals surface area contributed by atoms with Crippen molar-refractivity contribution in [1.29, 1.82) is 0 Å². The first-order valence-corrected chi connectivity index (χ1v) is 10.9. The smallest absolute Gasteiger partial charge is 0.195 e. The van der Waals surface area contributed by atoms with Gasteiger partial charge in [-0.3, -0.25) is 9.79 Å². The third-order valence-corrected chi connectivity index (χ3v) is 6.37. The molecule has 1 fully saturated rings. The van der Waals surface area contributed by atoms with Gasteiger partial charge in [-0.15, -0.1) is 0 Å². The van der Waals surface area contributed by atoms with Crippen molar-refractivity contribution in [1.82, 2.24) is 4.98 Å². The Hall–Kier alpha value is -2.96. The molecule has 2 aromatic carbocycles. The van der Waals surface area contributed by atoms with Crippen molar-refractivity contribution in [2.24, 2.45) is 4.99 Å². The van der Waals surface area contributed by atoms with Crippen LogP contribution >= 0.6 is 0 Å². The molecule has 1 aliphatic heterocycles. The number of hydrogen-bond donors (Lipinski definition) is 1. The zero-order valence-corrected chi connectivity index (χ0v) is 19.1. The monoisotopic (exact) mass is 432 g/mol. The van der Waals surface area contributed by atoms with Crippen LogP contribution in [-0.4, -0.2) is 49.1 Å². The van der Waals surface area contributed by atoms with E-state index in [1.807, 2.05) is 56.5 Å². The fourth-order valence-corrected chi connectivity index (χ4v) is 4.80. The Bertz CT molecular complexity index is 1250. The van der Waals surface area contributed by atoms with E-state index >= 15 is 0 Å². The summed E-state index contributed by atoms with van der Waals surface area (Å²) in [6.45, 7) is 8.94. The van der Waals surface area contributed by atoms with E-state index in [2.05, 4.69) is 23.8 Å². The van der Waals surface area contributed by atoms with Gasteiger partial charge in [0.05, 0.1) is 12.2 Å². The average Bonchev–Trinajstić information content (AvgIpc) is 3.31. The van der Waals surface area contributed by atoms with Crippen LogP contribution in [0.1, 0.15) is 60.4 Å². The van der Waals surface area contributed by atoms with E-state index in [1.165, 1.54) is 0 Å². The number of carbonyl (C=O) groups is 1. The van der Waals surface area contributed by atoms with E-state index < -0.39 is 5.79 Å². The average molecular weight is 433 g/mol. The molecule has 0 saturated carbocycles. The van der Waals surface area contributed by atoms with Crippen molar-refractivity contribution >= 4 is 22.9 Å². The highest BCUT2D eigenvalue weighted by Crippen LogP contribution is 2.44. The number of aromatic nitrogens is 1. The molecule has 32 heavy (non-hydrogen) atoms. The van der Waals surface area contributed by atoms with Crippen molar-refractivity contribution in [2.75, 3.05) is 20.3 Å². The number of nitrogens with zero attached hydrogens (tertiary/aromatic N) is 1. The molecule has 1 atom stereocenters. The maximum atomic E-state index is 13.6. The van der Waals surface area contributed by atoms with Crippen LogP contribution in [0.25, 0.3) is 10.9 Å². The summed E-state index contributed by atoms with van der Waals surface area (Å²) >= 11 is 0. The van der Waals surface area contributed by atoms with Gasteiger partial charge in [-0.25, -0.2) is 0 Å². The molecule has 0 radical (unpaired) electrons. The third-order valence-electron chi connectivity index (χ3n) is 6.37. The summed E-state index contributed by atoms with van der Waals surface area (Å²) in [5.41, 5.74) is 4.96. The first kappa shape index (κ1) is 20.9. The number of aromatic amines is 1. The number of ether oxygens (including phenoxy) is 3. The van der Waals surface area contributed by atoms with E-state index in [4.69, 9.17) is 14.2 Å². The van der Waals surface area contributed by atoms with Crippen molar-refractivity contribution in [3.8, 4) is 5.75 Å². The maximum Gasteiger partial charge on any atom is 0.195 e. The molecule has 0 bridgehead atoms. The summed E-state index contributed by atoms with van der Waals surface area (Å²) in [6.07, 6.45) is 1.68. The molecule has 3 aromatic rings. The van der Waals surface area contributed by atoms with Gasteiger partial charge in [0.25, 0.3) is 0 Å². The first-order chi connectivity index (χ1) is 15.2. The Labute approximate surface area is 187 Å². The van der Waals surface area contributed by atoms with Crippen molar-refractivity contribution in [2.45, 2.75) is 45.0 Å². The third kappa shape index (κ3) is 3.34. The number of benzene rings is 2. The molecule has 2 heterocycles. The largest absolute Gasteiger partial charge is 0.491 e. The lowest BCUT2D eigenvalue weighted by Gasteiger charge is -2.32. The van der Waals surface area contributed by atoms with Gasteiger partial charge in [-0.2, -0.15) is 0 Å². The molecule has 6 heteroatoms. The minimum atomic E-state index is -0.585. The fraction of sp³-hybridized carbons (Fsp3) is 0.385. The second-order valence-electron chi connectivity index (χ2n) is 9.49. The van der Waals surface area contributed by atoms with Crippen molar-refractivity contribution < 1.29 is 19.0 Å². The molecule has 0 unspecified atom stereocenters. The minimum absolute atomic E-state index is 0.0181. The number of carbonyl (C=O) groups excluding carboxylic acids is 1. The summed E-state index contributed by atoms with van der Waals surface area (Å²) in [5.74, 6) is 0.0915. The van der Waals surface area contributed by atoms with Gasteiger partial charge in [0.2, 0.25) is 0 Å². The SMILES string of the molecule is CN=Cc1ccc2c3c([nH]c2c1)C(C)(C)c1ccc(OC[C@H]2COC(C)(C)O2)cc1C3=O. The number of nitrogens with one attached hydrogen (secondary N) is 1. The lowest BCUT2D eigenvalue weighted by atomic mass is 9.71. The van der Waals surface area contributed by atoms with Gasteiger partial charge in [-0.1, -0.05) is 32.0 Å². The standard InChI is InChI=1S/C26H28N2O4/c1-25(2)20-9-7-16(30-13-17-14-31-26(3,4)32-17)11-19(20)23(29)22-18-8-6-15(12-27-5)10-21(18)28-24(22)25/h6-12,17,28H,13-14H2,1-5H3/t17-/m0/s1. The summed E-state index contributed by atoms with van der Waals surface area (Å²) in [6, 6.07) is 11.8. The van der Waals surface area contributed by atoms with Crippen LogP contribution < -0.4 is 4.74 Å². The summed E-state index contributed by atoms with van der Waals surface area (Å²) in [7, 11) is 1.75. The number of ketones is 1. The number of aliphatic imine (C=N–C) groups is 1. The quantitative estimate of drug-likeness (QED) is 0.611. The predicted octanol–water partition coefficient (Wildman–Crippen LogP) is 4.62. The minimum Gasteiger partial charge on any atom is -0.491 e. The molecule has 1 aromatic heterocycles. The normalized spacial score (nSPS) is 21.2. The van der Waals surface area contributed by atoms with Gasteiger partial charge in [-0.05, 0) is 43.2 Å². The molecule has 1 saturated heterocycles. The molecule has 5 rings (SSSR count). The topological polar surface area (TPSA) is 72.9 Å². The number of H-pyrrole nitrogens is 1. The van der Waals surface area contributed by atoms with E-state index in [0.29, 0.717) is 24.5 Å². The van der Waals surface area contributed by atoms with Gasteiger partial charge in [0.1, 0.15) is 18.5 Å². The molecule has 0 amide bonds. The maximum absolute atomic E-state index is 13.6. The molecule has 166 valence electrons. The van der Waals surface area contributed by atoms with E-state index in [0.717, 1.165) is 33.3 Å². The lowest BCUT2D eigenvalue weighted by Crippen LogP contribution is -2.30. The molecular weight excluding hydrogens is 404 g/mol. The molecule has 1 N–H and O–H groups in total. The summed E-state index contributed by atoms with van der Waals surface area (Å²) < 4.78 is 17.4. The molecule has 0 spiro atoms. The van der Waals surface area contributed by atoms with Crippen LogP contribution in [0.3, 0.4) is 0 Å². The fourth-order valence-electron chi connectivity index (χ4n) is 4.80.